The number of likely N-dealkylation sites (tertiary alicyclic amines) is 1. The van der Waals surface area contributed by atoms with Gasteiger partial charge in [0.15, 0.2) is 0 Å². The topological polar surface area (TPSA) is 63.0 Å². The van der Waals surface area contributed by atoms with Gasteiger partial charge in [0.25, 0.3) is 0 Å². The van der Waals surface area contributed by atoms with Crippen molar-refractivity contribution in [1.29, 1.82) is 0 Å². The van der Waals surface area contributed by atoms with Crippen molar-refractivity contribution in [3.05, 3.63) is 29.7 Å². The third-order valence-electron chi connectivity index (χ3n) is 5.34. The molecule has 122 valence electrons. The Hall–Kier alpha value is -2.02. The maximum atomic E-state index is 4.52. The van der Waals surface area contributed by atoms with Gasteiger partial charge in [-0.15, -0.1) is 10.2 Å². The second kappa shape index (κ2) is 5.56. The summed E-state index contributed by atoms with van der Waals surface area (Å²) in [6.45, 7) is 9.54. The Bertz CT molecular complexity index is 696. The lowest BCUT2D eigenvalue weighted by Gasteiger charge is -2.23. The van der Waals surface area contributed by atoms with Crippen LogP contribution in [-0.2, 0) is 13.6 Å². The van der Waals surface area contributed by atoms with E-state index in [1.807, 2.05) is 11.6 Å². The SMILES string of the molecule is Cc1ncnc(N2CC3CN(Cc4nncn4C)CC3C2)c1C. The van der Waals surface area contributed by atoms with E-state index in [4.69, 9.17) is 0 Å². The van der Waals surface area contributed by atoms with E-state index in [0.717, 1.165) is 61.9 Å². The Morgan fingerprint density at radius 1 is 1.09 bits per heavy atom. The van der Waals surface area contributed by atoms with E-state index in [2.05, 4.69) is 43.8 Å². The van der Waals surface area contributed by atoms with Gasteiger partial charge in [-0.05, 0) is 25.7 Å². The van der Waals surface area contributed by atoms with Gasteiger partial charge in [0.2, 0.25) is 0 Å². The third kappa shape index (κ3) is 2.59. The van der Waals surface area contributed by atoms with Gasteiger partial charge in [-0.25, -0.2) is 9.97 Å². The molecule has 7 nitrogen and oxygen atoms in total. The molecule has 2 aromatic heterocycles. The Kier molecular flexibility index (Phi) is 3.52. The highest BCUT2D eigenvalue weighted by atomic mass is 15.3. The van der Waals surface area contributed by atoms with E-state index in [9.17, 15) is 0 Å². The van der Waals surface area contributed by atoms with Crippen LogP contribution in [0.3, 0.4) is 0 Å². The number of hydrogen-bond acceptors (Lipinski definition) is 6. The number of aromatic nitrogens is 5. The van der Waals surface area contributed by atoms with Crippen molar-refractivity contribution < 1.29 is 0 Å². The fraction of sp³-hybridized carbons (Fsp3) is 0.625. The molecule has 2 aliphatic rings. The van der Waals surface area contributed by atoms with Gasteiger partial charge < -0.3 is 9.47 Å². The van der Waals surface area contributed by atoms with Crippen LogP contribution in [0.1, 0.15) is 17.1 Å². The number of aryl methyl sites for hydroxylation is 2. The lowest BCUT2D eigenvalue weighted by Crippen LogP contribution is -2.30. The van der Waals surface area contributed by atoms with Crippen molar-refractivity contribution in [1.82, 2.24) is 29.6 Å². The standard InChI is InChI=1S/C16H23N7/c1-11-12(2)17-9-18-16(11)23-6-13-4-22(5-14(13)7-23)8-15-20-19-10-21(15)3/h9-10,13-14H,4-8H2,1-3H3. The summed E-state index contributed by atoms with van der Waals surface area (Å²) in [5.74, 6) is 3.60. The van der Waals surface area contributed by atoms with E-state index < -0.39 is 0 Å². The Morgan fingerprint density at radius 3 is 2.48 bits per heavy atom. The molecule has 0 bridgehead atoms. The smallest absolute Gasteiger partial charge is 0.146 e. The van der Waals surface area contributed by atoms with E-state index in [0.29, 0.717) is 0 Å². The second-order valence-electron chi connectivity index (χ2n) is 6.88. The first-order valence-corrected chi connectivity index (χ1v) is 8.20. The first kappa shape index (κ1) is 14.6. The molecule has 23 heavy (non-hydrogen) atoms. The van der Waals surface area contributed by atoms with Gasteiger partial charge >= 0.3 is 0 Å². The van der Waals surface area contributed by atoms with Crippen LogP contribution in [0, 0.1) is 25.7 Å². The van der Waals surface area contributed by atoms with Crippen LogP contribution in [0.5, 0.6) is 0 Å². The van der Waals surface area contributed by atoms with E-state index in [1.165, 1.54) is 5.56 Å². The summed E-state index contributed by atoms with van der Waals surface area (Å²) in [6, 6.07) is 0. The Labute approximate surface area is 136 Å². The molecular weight excluding hydrogens is 290 g/mol. The van der Waals surface area contributed by atoms with Crippen molar-refractivity contribution in [2.45, 2.75) is 20.4 Å². The molecule has 0 aromatic carbocycles. The lowest BCUT2D eigenvalue weighted by molar-refractivity contribution is 0.297. The molecule has 2 unspecified atom stereocenters. The van der Waals surface area contributed by atoms with Crippen LogP contribution < -0.4 is 4.90 Å². The van der Waals surface area contributed by atoms with Gasteiger partial charge in [0, 0.05) is 44.5 Å². The highest BCUT2D eigenvalue weighted by Crippen LogP contribution is 2.34. The summed E-state index contributed by atoms with van der Waals surface area (Å²) in [5, 5.41) is 8.17. The lowest BCUT2D eigenvalue weighted by atomic mass is 10.0. The van der Waals surface area contributed by atoms with Crippen LogP contribution in [0.25, 0.3) is 0 Å². The minimum Gasteiger partial charge on any atom is -0.356 e. The zero-order valence-corrected chi connectivity index (χ0v) is 14.0. The van der Waals surface area contributed by atoms with Gasteiger partial charge in [-0.3, -0.25) is 4.90 Å². The largest absolute Gasteiger partial charge is 0.356 e. The molecular formula is C16H23N7. The maximum absolute atomic E-state index is 4.52. The number of hydrogen-bond donors (Lipinski definition) is 0. The molecule has 2 atom stereocenters. The van der Waals surface area contributed by atoms with Crippen molar-refractivity contribution in [3.8, 4) is 0 Å². The summed E-state index contributed by atoms with van der Waals surface area (Å²) in [4.78, 5) is 13.8. The fourth-order valence-electron chi connectivity index (χ4n) is 3.89. The van der Waals surface area contributed by atoms with Crippen LogP contribution in [0.15, 0.2) is 12.7 Å². The molecule has 2 fully saturated rings. The molecule has 0 aliphatic carbocycles. The summed E-state index contributed by atoms with van der Waals surface area (Å²) in [7, 11) is 2.01. The monoisotopic (exact) mass is 313 g/mol. The zero-order chi connectivity index (χ0) is 16.0. The molecule has 0 spiro atoms. The highest BCUT2D eigenvalue weighted by molar-refractivity contribution is 5.48. The molecule has 0 amide bonds. The molecule has 2 saturated heterocycles. The molecule has 2 aromatic rings. The number of fused-ring (bicyclic) bond motifs is 1. The number of rotatable bonds is 3. The van der Waals surface area contributed by atoms with E-state index in [-0.39, 0.29) is 0 Å². The molecule has 7 heteroatoms. The molecule has 4 heterocycles. The zero-order valence-electron chi connectivity index (χ0n) is 14.0. The van der Waals surface area contributed by atoms with Gasteiger partial charge in [-0.2, -0.15) is 0 Å². The predicted molar refractivity (Wildman–Crippen MR) is 87.0 cm³/mol. The second-order valence-corrected chi connectivity index (χ2v) is 6.88. The first-order valence-electron chi connectivity index (χ1n) is 8.20. The van der Waals surface area contributed by atoms with Crippen LogP contribution in [-0.4, -0.2) is 55.8 Å². The van der Waals surface area contributed by atoms with Gasteiger partial charge in [0.1, 0.15) is 24.3 Å². The quantitative estimate of drug-likeness (QED) is 0.835. The first-order chi connectivity index (χ1) is 11.1. The van der Waals surface area contributed by atoms with Crippen molar-refractivity contribution in [2.24, 2.45) is 18.9 Å². The summed E-state index contributed by atoms with van der Waals surface area (Å²) < 4.78 is 2.01. The van der Waals surface area contributed by atoms with Gasteiger partial charge in [-0.1, -0.05) is 0 Å². The Morgan fingerprint density at radius 2 is 1.83 bits per heavy atom. The average Bonchev–Trinajstić information content (AvgIpc) is 3.18. The maximum Gasteiger partial charge on any atom is 0.146 e. The third-order valence-corrected chi connectivity index (χ3v) is 5.34. The fourth-order valence-corrected chi connectivity index (χ4v) is 3.89. The molecule has 0 saturated carbocycles. The minimum absolute atomic E-state index is 0.720. The Balaban J connectivity index is 1.42. The summed E-state index contributed by atoms with van der Waals surface area (Å²) >= 11 is 0. The molecule has 0 radical (unpaired) electrons. The number of anilines is 1. The van der Waals surface area contributed by atoms with E-state index in [1.54, 1.807) is 12.7 Å². The summed E-state index contributed by atoms with van der Waals surface area (Å²) in [5.41, 5.74) is 2.29. The van der Waals surface area contributed by atoms with Crippen molar-refractivity contribution >= 4 is 5.82 Å². The average molecular weight is 313 g/mol. The highest BCUT2D eigenvalue weighted by Gasteiger charge is 2.40. The predicted octanol–water partition coefficient (Wildman–Crippen LogP) is 0.790. The molecule has 2 aliphatic heterocycles. The molecule has 0 N–H and O–H groups in total. The van der Waals surface area contributed by atoms with Crippen LogP contribution in [0.2, 0.25) is 0 Å². The van der Waals surface area contributed by atoms with Crippen molar-refractivity contribution in [2.75, 3.05) is 31.1 Å². The van der Waals surface area contributed by atoms with E-state index >= 15 is 0 Å². The summed E-state index contributed by atoms with van der Waals surface area (Å²) in [6.07, 6.45) is 3.46. The minimum atomic E-state index is 0.720. The van der Waals surface area contributed by atoms with Crippen LogP contribution >= 0.6 is 0 Å². The van der Waals surface area contributed by atoms with Crippen LogP contribution in [0.4, 0.5) is 5.82 Å². The number of nitrogens with zero attached hydrogens (tertiary/aromatic N) is 7. The molecule has 4 rings (SSSR count). The van der Waals surface area contributed by atoms with Gasteiger partial charge in [0.05, 0.1) is 6.54 Å². The van der Waals surface area contributed by atoms with Crippen molar-refractivity contribution in [3.63, 3.8) is 0 Å². The normalized spacial score (nSPS) is 24.4.